The second-order valence-corrected chi connectivity index (χ2v) is 16.6. The number of carbonyl (C=O) groups excluding carboxylic acids is 6. The first-order chi connectivity index (χ1) is 21.6. The molecule has 1 saturated heterocycles. The van der Waals surface area contributed by atoms with E-state index in [2.05, 4.69) is 34.8 Å². The Labute approximate surface area is 275 Å². The minimum absolute atomic E-state index is 0.00705. The standard InChI is InChI=1S/C33H50N6O6S/c1-32(2,3)26(38-31(45)37-22(18-9-7-6-8-10-18)25(41)29-35-13-14-46-29)30(44)39-16-19-21(33(19,4)5)23(39)28(43)36-20(15-17-11-12-17)24(40)27(34)42/h17-23,26H,6-16H2,1-5H3,(H2,34,42)(H,36,43)(H2,37,38,45)/t19-,20?,21-,22-,23-,26+/m0/s1. The van der Waals surface area contributed by atoms with Gasteiger partial charge in [-0.25, -0.2) is 4.79 Å². The number of fused-ring (bicyclic) bond motifs is 1. The van der Waals surface area contributed by atoms with Crippen LogP contribution in [-0.2, 0) is 24.0 Å². The molecule has 3 saturated carbocycles. The summed E-state index contributed by atoms with van der Waals surface area (Å²) in [4.78, 5) is 85.6. The third-order valence-corrected chi connectivity index (χ3v) is 11.8. The minimum Gasteiger partial charge on any atom is -0.363 e. The Balaban J connectivity index is 1.33. The van der Waals surface area contributed by atoms with Crippen molar-refractivity contribution in [3.8, 4) is 0 Å². The molecular formula is C33H50N6O6S. The summed E-state index contributed by atoms with van der Waals surface area (Å²) in [5.74, 6) is -2.06. The molecule has 3 aliphatic carbocycles. The largest absolute Gasteiger partial charge is 0.363 e. The maximum Gasteiger partial charge on any atom is 0.316 e. The fourth-order valence-electron chi connectivity index (χ4n) is 7.77. The highest BCUT2D eigenvalue weighted by atomic mass is 32.2. The number of primary amides is 1. The number of nitrogens with one attached hydrogen (secondary N) is 3. The van der Waals surface area contributed by atoms with Gasteiger partial charge < -0.3 is 26.6 Å². The fourth-order valence-corrected chi connectivity index (χ4v) is 8.60. The molecule has 5 N–H and O–H groups in total. The Morgan fingerprint density at radius 3 is 2.24 bits per heavy atom. The smallest absolute Gasteiger partial charge is 0.316 e. The van der Waals surface area contributed by atoms with E-state index in [0.29, 0.717) is 24.6 Å². The molecule has 5 aliphatic rings. The van der Waals surface area contributed by atoms with Crippen molar-refractivity contribution >= 4 is 52.1 Å². The van der Waals surface area contributed by atoms with Crippen LogP contribution in [0.3, 0.4) is 0 Å². The highest BCUT2D eigenvalue weighted by Crippen LogP contribution is 2.65. The maximum absolute atomic E-state index is 14.3. The lowest BCUT2D eigenvalue weighted by Crippen LogP contribution is -2.62. The van der Waals surface area contributed by atoms with Gasteiger partial charge in [0.15, 0.2) is 0 Å². The van der Waals surface area contributed by atoms with Crippen molar-refractivity contribution in [2.75, 3.05) is 18.8 Å². The predicted octanol–water partition coefficient (Wildman–Crippen LogP) is 2.19. The van der Waals surface area contributed by atoms with Gasteiger partial charge in [-0.2, -0.15) is 0 Å². The summed E-state index contributed by atoms with van der Waals surface area (Å²) < 4.78 is 0. The van der Waals surface area contributed by atoms with Crippen molar-refractivity contribution in [2.24, 2.45) is 45.2 Å². The number of thioether (sulfide) groups is 1. The highest BCUT2D eigenvalue weighted by Gasteiger charge is 2.70. The van der Waals surface area contributed by atoms with Gasteiger partial charge in [0.1, 0.15) is 17.1 Å². The van der Waals surface area contributed by atoms with Crippen LogP contribution in [0.1, 0.15) is 86.0 Å². The topological polar surface area (TPSA) is 180 Å². The number of piperidine rings is 1. The number of carbonyl (C=O) groups is 6. The number of aliphatic imine (C=N–C) groups is 1. The number of Topliss-reactive ketones (excluding diaryl/α,β-unsaturated/α-hetero) is 2. The van der Waals surface area contributed by atoms with Crippen LogP contribution in [0.5, 0.6) is 0 Å². The minimum atomic E-state index is -1.10. The number of rotatable bonds is 12. The molecule has 5 amide bonds. The second kappa shape index (κ2) is 13.3. The zero-order valence-corrected chi connectivity index (χ0v) is 28.5. The number of amides is 5. The van der Waals surface area contributed by atoms with E-state index < -0.39 is 59.1 Å². The van der Waals surface area contributed by atoms with Crippen LogP contribution < -0.4 is 21.7 Å². The molecule has 13 heteroatoms. The van der Waals surface area contributed by atoms with Crippen LogP contribution in [0.25, 0.3) is 0 Å². The van der Waals surface area contributed by atoms with Crippen LogP contribution in [0.4, 0.5) is 4.79 Å². The molecule has 0 bridgehead atoms. The molecule has 6 atom stereocenters. The van der Waals surface area contributed by atoms with Crippen LogP contribution in [-0.4, -0.2) is 88.3 Å². The van der Waals surface area contributed by atoms with E-state index in [0.717, 1.165) is 50.7 Å². The van der Waals surface area contributed by atoms with Gasteiger partial charge in [-0.05, 0) is 53.8 Å². The van der Waals surface area contributed by atoms with E-state index >= 15 is 0 Å². The van der Waals surface area contributed by atoms with E-state index in [1.54, 1.807) is 0 Å². The molecule has 1 unspecified atom stereocenters. The van der Waals surface area contributed by atoms with Gasteiger partial charge in [0.05, 0.1) is 12.1 Å². The molecule has 0 radical (unpaired) electrons. The second-order valence-electron chi connectivity index (χ2n) is 15.6. The van der Waals surface area contributed by atoms with Crippen molar-refractivity contribution in [1.82, 2.24) is 20.9 Å². The lowest BCUT2D eigenvalue weighted by molar-refractivity contribution is -0.145. The summed E-state index contributed by atoms with van der Waals surface area (Å²) >= 11 is 1.41. The third-order valence-electron chi connectivity index (χ3n) is 10.8. The van der Waals surface area contributed by atoms with Gasteiger partial charge in [-0.1, -0.05) is 66.7 Å². The molecule has 0 aromatic carbocycles. The Morgan fingerprint density at radius 2 is 1.67 bits per heavy atom. The van der Waals surface area contributed by atoms with Gasteiger partial charge in [0, 0.05) is 18.8 Å². The first kappa shape index (κ1) is 34.4. The van der Waals surface area contributed by atoms with Crippen molar-refractivity contribution in [3.63, 3.8) is 0 Å². The van der Waals surface area contributed by atoms with E-state index in [4.69, 9.17) is 5.73 Å². The molecule has 0 aromatic heterocycles. The lowest BCUT2D eigenvalue weighted by Gasteiger charge is -2.38. The number of urea groups is 1. The number of ketones is 2. The summed E-state index contributed by atoms with van der Waals surface area (Å²) in [7, 11) is 0. The lowest BCUT2D eigenvalue weighted by atomic mass is 9.82. The molecular weight excluding hydrogens is 608 g/mol. The van der Waals surface area contributed by atoms with Gasteiger partial charge in [0.2, 0.25) is 23.4 Å². The molecule has 12 nitrogen and oxygen atoms in total. The Morgan fingerprint density at radius 1 is 1.00 bits per heavy atom. The SMILES string of the molecule is CC(C)(C)[C@H](NC(=O)N[C@H](C(=O)C1=NCCS1)C1CCCCC1)C(=O)N1C[C@H]2[C@@H]([C@H]1C(=O)NC(CC1CC1)C(=O)C(N)=O)C2(C)C. The number of nitrogens with zero attached hydrogens (tertiary/aromatic N) is 2. The summed E-state index contributed by atoms with van der Waals surface area (Å²) in [5.41, 5.74) is 4.39. The van der Waals surface area contributed by atoms with E-state index in [9.17, 15) is 28.8 Å². The van der Waals surface area contributed by atoms with Gasteiger partial charge in [-0.15, -0.1) is 11.8 Å². The molecule has 2 aliphatic heterocycles. The monoisotopic (exact) mass is 658 g/mol. The average molecular weight is 659 g/mol. The van der Waals surface area contributed by atoms with E-state index in [1.165, 1.54) is 16.7 Å². The van der Waals surface area contributed by atoms with Crippen molar-refractivity contribution < 1.29 is 28.8 Å². The Kier molecular flexibility index (Phi) is 9.92. The van der Waals surface area contributed by atoms with Gasteiger partial charge in [0.25, 0.3) is 5.91 Å². The van der Waals surface area contributed by atoms with Crippen LogP contribution in [0.15, 0.2) is 4.99 Å². The van der Waals surface area contributed by atoms with Crippen molar-refractivity contribution in [3.05, 3.63) is 0 Å². The maximum atomic E-state index is 14.3. The summed E-state index contributed by atoms with van der Waals surface area (Å²) in [6.45, 7) is 10.6. The van der Waals surface area contributed by atoms with Crippen molar-refractivity contribution in [1.29, 1.82) is 0 Å². The van der Waals surface area contributed by atoms with Crippen molar-refractivity contribution in [2.45, 2.75) is 110 Å². The molecule has 0 spiro atoms. The zero-order valence-electron chi connectivity index (χ0n) is 27.7. The Hall–Kier alpha value is -2.96. The number of nitrogens with two attached hydrogens (primary N) is 1. The summed E-state index contributed by atoms with van der Waals surface area (Å²) in [6, 6.07) is -4.24. The highest BCUT2D eigenvalue weighted by molar-refractivity contribution is 8.16. The van der Waals surface area contributed by atoms with Crippen LogP contribution in [0.2, 0.25) is 0 Å². The third kappa shape index (κ3) is 7.28. The first-order valence-corrected chi connectivity index (χ1v) is 17.8. The quantitative estimate of drug-likeness (QED) is 0.232. The fraction of sp³-hybridized carbons (Fsp3) is 0.788. The molecule has 4 fully saturated rings. The number of likely N-dealkylation sites (tertiary alicyclic amines) is 1. The van der Waals surface area contributed by atoms with E-state index in [1.807, 2.05) is 20.8 Å². The molecule has 254 valence electrons. The predicted molar refractivity (Wildman–Crippen MR) is 175 cm³/mol. The zero-order chi connectivity index (χ0) is 33.6. The molecule has 2 heterocycles. The number of hydrogen-bond acceptors (Lipinski definition) is 8. The van der Waals surface area contributed by atoms with Crippen LogP contribution >= 0.6 is 11.8 Å². The Bertz CT molecular complexity index is 1300. The van der Waals surface area contributed by atoms with Gasteiger partial charge >= 0.3 is 6.03 Å². The van der Waals surface area contributed by atoms with Gasteiger partial charge in [-0.3, -0.25) is 29.0 Å². The molecule has 0 aromatic rings. The summed E-state index contributed by atoms with van der Waals surface area (Å²) in [5, 5.41) is 9.03. The normalized spacial score (nSPS) is 27.5. The average Bonchev–Trinajstić information content (AvgIpc) is 3.70. The number of hydrogen-bond donors (Lipinski definition) is 4. The van der Waals surface area contributed by atoms with Crippen LogP contribution in [0, 0.1) is 34.5 Å². The molecule has 5 rings (SSSR count). The summed E-state index contributed by atoms with van der Waals surface area (Å²) in [6.07, 6.45) is 6.93. The first-order valence-electron chi connectivity index (χ1n) is 16.8. The molecule has 46 heavy (non-hydrogen) atoms. The van der Waals surface area contributed by atoms with E-state index in [-0.39, 0.29) is 34.9 Å².